The van der Waals surface area contributed by atoms with Crippen molar-refractivity contribution in [2.45, 2.75) is 12.7 Å². The number of sulfone groups is 1. The number of nitrogens with one attached hydrogen (secondary N) is 3. The van der Waals surface area contributed by atoms with Crippen molar-refractivity contribution in [2.24, 2.45) is 7.05 Å². The summed E-state index contributed by atoms with van der Waals surface area (Å²) in [6, 6.07) is 9.45. The molecule has 0 unspecified atom stereocenters. The number of fused-ring (bicyclic) bond motifs is 1. The van der Waals surface area contributed by atoms with Gasteiger partial charge in [0.2, 0.25) is 0 Å². The van der Waals surface area contributed by atoms with Crippen molar-refractivity contribution in [3.05, 3.63) is 81.9 Å². The maximum atomic E-state index is 14.4. The summed E-state index contributed by atoms with van der Waals surface area (Å²) in [5, 5.41) is 6.04. The summed E-state index contributed by atoms with van der Waals surface area (Å²) < 4.78 is 53.1. The van der Waals surface area contributed by atoms with Gasteiger partial charge in [-0.3, -0.25) is 9.59 Å². The number of carbonyl (C=O) groups is 1. The smallest absolute Gasteiger partial charge is 0.274 e. The molecular formula is C25H24F2N4O4S. The van der Waals surface area contributed by atoms with E-state index in [-0.39, 0.29) is 34.1 Å². The monoisotopic (exact) mass is 514 g/mol. The lowest BCUT2D eigenvalue weighted by molar-refractivity contribution is 0.0951. The first kappa shape index (κ1) is 25.1. The minimum Gasteiger partial charge on any atom is -0.353 e. The van der Waals surface area contributed by atoms with Gasteiger partial charge in [-0.2, -0.15) is 0 Å². The number of aryl methyl sites for hydroxylation is 1. The van der Waals surface area contributed by atoms with Crippen LogP contribution >= 0.6 is 0 Å². The van der Waals surface area contributed by atoms with Crippen LogP contribution in [0, 0.1) is 11.6 Å². The van der Waals surface area contributed by atoms with Crippen LogP contribution in [0.25, 0.3) is 22.0 Å². The number of benzene rings is 2. The summed E-state index contributed by atoms with van der Waals surface area (Å²) in [7, 11) is -1.82. The van der Waals surface area contributed by atoms with E-state index < -0.39 is 21.5 Å². The van der Waals surface area contributed by atoms with Crippen LogP contribution in [0.15, 0.2) is 53.5 Å². The molecule has 8 nitrogen and oxygen atoms in total. The fourth-order valence-electron chi connectivity index (χ4n) is 3.98. The van der Waals surface area contributed by atoms with Crippen molar-refractivity contribution in [2.75, 3.05) is 18.1 Å². The third-order valence-electron chi connectivity index (χ3n) is 5.55. The lowest BCUT2D eigenvalue weighted by Gasteiger charge is -2.16. The Kier molecular flexibility index (Phi) is 6.68. The summed E-state index contributed by atoms with van der Waals surface area (Å²) >= 11 is 0. The highest BCUT2D eigenvalue weighted by Gasteiger charge is 2.19. The van der Waals surface area contributed by atoms with Crippen LogP contribution in [0.5, 0.6) is 0 Å². The zero-order valence-corrected chi connectivity index (χ0v) is 20.6. The molecule has 4 aromatic rings. The van der Waals surface area contributed by atoms with Gasteiger partial charge in [-0.15, -0.1) is 0 Å². The molecule has 0 aliphatic rings. The first-order valence-electron chi connectivity index (χ1n) is 11.0. The van der Waals surface area contributed by atoms with Gasteiger partial charge in [-0.25, -0.2) is 17.2 Å². The normalized spacial score (nSPS) is 11.6. The van der Waals surface area contributed by atoms with E-state index in [1.807, 2.05) is 0 Å². The standard InChI is InChI=1S/C25H24F2N4O4S/c1-4-28-24(32)22-11-17-18(12-31(2)25(33)23(17)30-22)16-9-14(13-36(3,34)35)5-7-20(16)29-21-8-6-15(26)10-19(21)27/h5-12,29-30H,4,13H2,1-3H3,(H,28,32). The van der Waals surface area contributed by atoms with Gasteiger partial charge in [-0.1, -0.05) is 6.07 Å². The number of H-pyrrole nitrogens is 1. The molecule has 4 rings (SSSR count). The molecule has 0 atom stereocenters. The van der Waals surface area contributed by atoms with E-state index in [9.17, 15) is 26.8 Å². The molecule has 1 amide bonds. The maximum Gasteiger partial charge on any atom is 0.274 e. The Morgan fingerprint density at radius 3 is 2.44 bits per heavy atom. The highest BCUT2D eigenvalue weighted by Crippen LogP contribution is 2.36. The van der Waals surface area contributed by atoms with Crippen LogP contribution in [-0.2, 0) is 22.6 Å². The number of anilines is 2. The van der Waals surface area contributed by atoms with Crippen LogP contribution in [-0.4, -0.2) is 36.7 Å². The molecule has 2 heterocycles. The summed E-state index contributed by atoms with van der Waals surface area (Å²) in [5.41, 5.74) is 1.83. The van der Waals surface area contributed by atoms with Gasteiger partial charge in [0.1, 0.15) is 22.8 Å². The molecule has 0 aliphatic heterocycles. The largest absolute Gasteiger partial charge is 0.353 e. The average Bonchev–Trinajstić information content (AvgIpc) is 3.24. The second-order valence-corrected chi connectivity index (χ2v) is 10.6. The number of hydrogen-bond acceptors (Lipinski definition) is 5. The number of rotatable bonds is 7. The highest BCUT2D eigenvalue weighted by molar-refractivity contribution is 7.89. The average molecular weight is 515 g/mol. The fraction of sp³-hybridized carbons (Fsp3) is 0.200. The SMILES string of the molecule is CCNC(=O)c1cc2c(-c3cc(CS(C)(=O)=O)ccc3Nc3ccc(F)cc3F)cn(C)c(=O)c2[nH]1. The van der Waals surface area contributed by atoms with Crippen molar-refractivity contribution < 1.29 is 22.0 Å². The topological polar surface area (TPSA) is 113 Å². The second kappa shape index (κ2) is 9.57. The predicted molar refractivity (Wildman–Crippen MR) is 135 cm³/mol. The highest BCUT2D eigenvalue weighted by atomic mass is 32.2. The van der Waals surface area contributed by atoms with Gasteiger partial charge in [0.25, 0.3) is 11.5 Å². The Labute approximate surface area is 205 Å². The number of aromatic amines is 1. The first-order valence-corrected chi connectivity index (χ1v) is 13.1. The molecule has 2 aromatic heterocycles. The van der Waals surface area contributed by atoms with Crippen LogP contribution < -0.4 is 16.2 Å². The quantitative estimate of drug-likeness (QED) is 0.347. The van der Waals surface area contributed by atoms with Crippen molar-refractivity contribution in [3.8, 4) is 11.1 Å². The van der Waals surface area contributed by atoms with Crippen LogP contribution in [0.1, 0.15) is 23.0 Å². The summed E-state index contributed by atoms with van der Waals surface area (Å²) in [4.78, 5) is 28.1. The Morgan fingerprint density at radius 1 is 1.06 bits per heavy atom. The fourth-order valence-corrected chi connectivity index (χ4v) is 4.76. The van der Waals surface area contributed by atoms with Gasteiger partial charge in [-0.05, 0) is 42.8 Å². The molecule has 0 fully saturated rings. The number of nitrogens with zero attached hydrogens (tertiary/aromatic N) is 1. The van der Waals surface area contributed by atoms with Crippen molar-refractivity contribution in [1.82, 2.24) is 14.9 Å². The number of aromatic nitrogens is 2. The Morgan fingerprint density at radius 2 is 1.78 bits per heavy atom. The number of carbonyl (C=O) groups excluding carboxylic acids is 1. The molecule has 0 saturated carbocycles. The number of halogens is 2. The summed E-state index contributed by atoms with van der Waals surface area (Å²) in [6.45, 7) is 2.16. The number of amides is 1. The van der Waals surface area contributed by atoms with Crippen molar-refractivity contribution >= 4 is 38.0 Å². The minimum absolute atomic E-state index is 0.00616. The third kappa shape index (κ3) is 5.15. The van der Waals surface area contributed by atoms with Crippen molar-refractivity contribution in [1.29, 1.82) is 0 Å². The van der Waals surface area contributed by atoms with Crippen LogP contribution in [0.3, 0.4) is 0 Å². The van der Waals surface area contributed by atoms with Gasteiger partial charge >= 0.3 is 0 Å². The van der Waals surface area contributed by atoms with E-state index in [0.717, 1.165) is 18.4 Å². The molecule has 3 N–H and O–H groups in total. The maximum absolute atomic E-state index is 14.4. The molecule has 0 radical (unpaired) electrons. The van der Waals surface area contributed by atoms with Crippen LogP contribution in [0.2, 0.25) is 0 Å². The first-order chi connectivity index (χ1) is 17.0. The molecule has 188 valence electrons. The number of pyridine rings is 1. The van der Waals surface area contributed by atoms with E-state index in [0.29, 0.717) is 34.3 Å². The lowest BCUT2D eigenvalue weighted by Crippen LogP contribution is -2.23. The van der Waals surface area contributed by atoms with E-state index >= 15 is 0 Å². The van der Waals surface area contributed by atoms with E-state index in [1.54, 1.807) is 44.4 Å². The molecule has 11 heteroatoms. The molecule has 0 spiro atoms. The summed E-state index contributed by atoms with van der Waals surface area (Å²) in [5.74, 6) is -2.17. The lowest BCUT2D eigenvalue weighted by atomic mass is 9.99. The minimum atomic E-state index is -3.37. The molecule has 2 aromatic carbocycles. The summed E-state index contributed by atoms with van der Waals surface area (Å²) in [6.07, 6.45) is 2.67. The predicted octanol–water partition coefficient (Wildman–Crippen LogP) is 3.85. The van der Waals surface area contributed by atoms with Crippen LogP contribution in [0.4, 0.5) is 20.2 Å². The Hall–Kier alpha value is -3.99. The molecule has 0 saturated heterocycles. The van der Waals surface area contributed by atoms with E-state index in [1.165, 1.54) is 10.6 Å². The zero-order valence-electron chi connectivity index (χ0n) is 19.8. The second-order valence-electron chi connectivity index (χ2n) is 8.49. The zero-order chi connectivity index (χ0) is 26.2. The molecule has 36 heavy (non-hydrogen) atoms. The Balaban J connectivity index is 1.96. The third-order valence-corrected chi connectivity index (χ3v) is 6.41. The molecule has 0 aliphatic carbocycles. The molecule has 0 bridgehead atoms. The van der Waals surface area contributed by atoms with E-state index in [2.05, 4.69) is 15.6 Å². The van der Waals surface area contributed by atoms with Gasteiger partial charge in [0.05, 0.1) is 11.4 Å². The van der Waals surface area contributed by atoms with Gasteiger partial charge in [0.15, 0.2) is 9.84 Å². The van der Waals surface area contributed by atoms with E-state index in [4.69, 9.17) is 0 Å². The molecular weight excluding hydrogens is 490 g/mol. The Bertz CT molecular complexity index is 1660. The van der Waals surface area contributed by atoms with Crippen molar-refractivity contribution in [3.63, 3.8) is 0 Å². The number of hydrogen-bond donors (Lipinski definition) is 3. The van der Waals surface area contributed by atoms with Gasteiger partial charge < -0.3 is 20.2 Å². The van der Waals surface area contributed by atoms with Gasteiger partial charge in [0, 0.05) is 54.3 Å².